The van der Waals surface area contributed by atoms with E-state index in [0.717, 1.165) is 23.4 Å². The van der Waals surface area contributed by atoms with Crippen molar-refractivity contribution in [1.82, 2.24) is 9.55 Å². The first-order valence-electron chi connectivity index (χ1n) is 7.05. The lowest BCUT2D eigenvalue weighted by Crippen LogP contribution is -2.02. The van der Waals surface area contributed by atoms with E-state index >= 15 is 0 Å². The van der Waals surface area contributed by atoms with Crippen LogP contribution in [0.15, 0.2) is 42.5 Å². The Morgan fingerprint density at radius 1 is 1.14 bits per heavy atom. The molecule has 1 aromatic heterocycles. The van der Waals surface area contributed by atoms with Gasteiger partial charge in [0.2, 0.25) is 0 Å². The zero-order chi connectivity index (χ0) is 14.8. The van der Waals surface area contributed by atoms with Crippen LogP contribution in [0.2, 0.25) is 0 Å². The van der Waals surface area contributed by atoms with Gasteiger partial charge in [-0.25, -0.2) is 9.37 Å². The molecule has 1 heterocycles. The number of hydrogen-bond acceptors (Lipinski definition) is 1. The number of fused-ring (bicyclic) bond motifs is 1. The maximum absolute atomic E-state index is 13.9. The number of aryl methyl sites for hydroxylation is 2. The zero-order valence-electron chi connectivity index (χ0n) is 11.8. The minimum absolute atomic E-state index is 0.299. The van der Waals surface area contributed by atoms with Gasteiger partial charge in [0.15, 0.2) is 5.82 Å². The van der Waals surface area contributed by atoms with Crippen LogP contribution in [0.1, 0.15) is 18.3 Å². The highest BCUT2D eigenvalue weighted by molar-refractivity contribution is 6.17. The second-order valence-electron chi connectivity index (χ2n) is 4.93. The summed E-state index contributed by atoms with van der Waals surface area (Å²) in [4.78, 5) is 4.42. The van der Waals surface area contributed by atoms with E-state index in [1.54, 1.807) is 6.07 Å². The number of imidazole rings is 1. The molecule has 0 aliphatic rings. The third kappa shape index (κ3) is 2.54. The summed E-state index contributed by atoms with van der Waals surface area (Å²) in [5, 5.41) is 0. The topological polar surface area (TPSA) is 17.8 Å². The lowest BCUT2D eigenvalue weighted by Gasteiger charge is -2.09. The molecule has 0 aliphatic carbocycles. The van der Waals surface area contributed by atoms with Gasteiger partial charge >= 0.3 is 0 Å². The summed E-state index contributed by atoms with van der Waals surface area (Å²) in [6.07, 6.45) is 1.60. The van der Waals surface area contributed by atoms with Crippen LogP contribution in [0.4, 0.5) is 4.39 Å². The lowest BCUT2D eigenvalue weighted by molar-refractivity contribution is 0.637. The minimum Gasteiger partial charge on any atom is -0.296 e. The average molecular weight is 303 g/mol. The van der Waals surface area contributed by atoms with Crippen LogP contribution in [-0.2, 0) is 12.8 Å². The highest BCUT2D eigenvalue weighted by Crippen LogP contribution is 2.24. The van der Waals surface area contributed by atoms with E-state index in [9.17, 15) is 4.39 Å². The van der Waals surface area contributed by atoms with E-state index in [2.05, 4.69) is 24.0 Å². The number of aromatic nitrogens is 2. The summed E-state index contributed by atoms with van der Waals surface area (Å²) in [5.74, 6) is 0.944. The van der Waals surface area contributed by atoms with Crippen molar-refractivity contribution < 1.29 is 4.39 Å². The largest absolute Gasteiger partial charge is 0.296 e. The fourth-order valence-electron chi connectivity index (χ4n) is 2.53. The number of alkyl halides is 1. The van der Waals surface area contributed by atoms with Gasteiger partial charge in [-0.05, 0) is 36.2 Å². The maximum atomic E-state index is 13.9. The van der Waals surface area contributed by atoms with E-state index in [0.29, 0.717) is 17.8 Å². The minimum atomic E-state index is -0.299. The van der Waals surface area contributed by atoms with Crippen molar-refractivity contribution in [3.63, 3.8) is 0 Å². The second-order valence-corrected chi connectivity index (χ2v) is 5.31. The molecule has 3 rings (SSSR count). The molecule has 0 amide bonds. The van der Waals surface area contributed by atoms with Crippen molar-refractivity contribution in [2.24, 2.45) is 0 Å². The van der Waals surface area contributed by atoms with E-state index in [1.807, 2.05) is 22.8 Å². The van der Waals surface area contributed by atoms with Crippen LogP contribution >= 0.6 is 11.6 Å². The van der Waals surface area contributed by atoms with Crippen LogP contribution in [-0.4, -0.2) is 15.4 Å². The first-order valence-corrected chi connectivity index (χ1v) is 7.59. The van der Waals surface area contributed by atoms with Gasteiger partial charge in [-0.2, -0.15) is 0 Å². The molecule has 3 aromatic rings. The van der Waals surface area contributed by atoms with Gasteiger partial charge < -0.3 is 0 Å². The van der Waals surface area contributed by atoms with Crippen molar-refractivity contribution in [2.45, 2.75) is 19.8 Å². The average Bonchev–Trinajstić information content (AvgIpc) is 2.87. The highest BCUT2D eigenvalue weighted by atomic mass is 35.5. The summed E-state index contributed by atoms with van der Waals surface area (Å²) < 4.78 is 15.9. The molecule has 2 aromatic carbocycles. The monoisotopic (exact) mass is 302 g/mol. The van der Waals surface area contributed by atoms with E-state index < -0.39 is 0 Å². The number of benzene rings is 2. The third-order valence-corrected chi connectivity index (χ3v) is 3.82. The molecule has 2 nitrogen and oxygen atoms in total. The summed E-state index contributed by atoms with van der Waals surface area (Å²) >= 11 is 5.86. The molecular formula is C17H16ClFN2. The smallest absolute Gasteiger partial charge is 0.151 e. The Hall–Kier alpha value is -1.87. The summed E-state index contributed by atoms with van der Waals surface area (Å²) in [7, 11) is 0. The van der Waals surface area contributed by atoms with Gasteiger partial charge in [-0.3, -0.25) is 4.57 Å². The Morgan fingerprint density at radius 3 is 2.57 bits per heavy atom. The summed E-state index contributed by atoms with van der Waals surface area (Å²) in [6, 6.07) is 13.3. The first-order chi connectivity index (χ1) is 10.2. The Balaban J connectivity index is 2.22. The van der Waals surface area contributed by atoms with Gasteiger partial charge in [0.05, 0.1) is 5.52 Å². The van der Waals surface area contributed by atoms with Crippen molar-refractivity contribution >= 4 is 22.6 Å². The molecule has 0 saturated carbocycles. The van der Waals surface area contributed by atoms with Gasteiger partial charge in [-0.1, -0.05) is 25.1 Å². The van der Waals surface area contributed by atoms with Gasteiger partial charge in [0.1, 0.15) is 11.3 Å². The Kier molecular flexibility index (Phi) is 3.93. The Labute approximate surface area is 128 Å². The number of rotatable bonds is 4. The van der Waals surface area contributed by atoms with Crippen molar-refractivity contribution in [2.75, 3.05) is 5.88 Å². The summed E-state index contributed by atoms with van der Waals surface area (Å²) in [6.45, 7) is 2.12. The molecule has 0 saturated heterocycles. The predicted octanol–water partition coefficient (Wildman–Crippen LogP) is 4.51. The molecule has 0 N–H and O–H groups in total. The fourth-order valence-corrected chi connectivity index (χ4v) is 2.70. The molecule has 0 aliphatic heterocycles. The van der Waals surface area contributed by atoms with Crippen LogP contribution < -0.4 is 0 Å². The normalized spacial score (nSPS) is 11.2. The van der Waals surface area contributed by atoms with Crippen LogP contribution in [0.5, 0.6) is 0 Å². The fraction of sp³-hybridized carbons (Fsp3) is 0.235. The highest BCUT2D eigenvalue weighted by Gasteiger charge is 2.14. The quantitative estimate of drug-likeness (QED) is 0.648. The molecule has 21 heavy (non-hydrogen) atoms. The molecular weight excluding hydrogens is 287 g/mol. The molecule has 0 radical (unpaired) electrons. The van der Waals surface area contributed by atoms with Crippen molar-refractivity contribution in [3.05, 3.63) is 59.7 Å². The number of nitrogens with zero attached hydrogens (tertiary/aromatic N) is 2. The number of halogens is 2. The molecule has 0 atom stereocenters. The van der Waals surface area contributed by atoms with Crippen molar-refractivity contribution in [1.29, 1.82) is 0 Å². The van der Waals surface area contributed by atoms with E-state index in [1.165, 1.54) is 11.6 Å². The maximum Gasteiger partial charge on any atom is 0.151 e. The van der Waals surface area contributed by atoms with E-state index in [-0.39, 0.29) is 5.82 Å². The summed E-state index contributed by atoms with van der Waals surface area (Å²) in [5.41, 5.74) is 3.44. The van der Waals surface area contributed by atoms with Crippen LogP contribution in [0.3, 0.4) is 0 Å². The van der Waals surface area contributed by atoms with Crippen LogP contribution in [0, 0.1) is 5.82 Å². The zero-order valence-corrected chi connectivity index (χ0v) is 12.6. The van der Waals surface area contributed by atoms with Crippen LogP contribution in [0.25, 0.3) is 16.7 Å². The SMILES string of the molecule is CCc1ccc(-n2c(CCCl)nc3c(F)cccc32)cc1. The number of para-hydroxylation sites is 1. The molecule has 0 unspecified atom stereocenters. The first kappa shape index (κ1) is 14.1. The van der Waals surface area contributed by atoms with E-state index in [4.69, 9.17) is 11.6 Å². The standard InChI is InChI=1S/C17H16ClFN2/c1-2-12-6-8-13(9-7-12)21-15-5-3-4-14(19)17(15)20-16(21)10-11-18/h3-9H,2,10-11H2,1H3. The molecule has 108 valence electrons. The van der Waals surface area contributed by atoms with Gasteiger partial charge in [0, 0.05) is 18.0 Å². The Bertz CT molecular complexity index is 762. The van der Waals surface area contributed by atoms with Crippen molar-refractivity contribution in [3.8, 4) is 5.69 Å². The predicted molar refractivity (Wildman–Crippen MR) is 84.8 cm³/mol. The molecule has 4 heteroatoms. The number of hydrogen-bond donors (Lipinski definition) is 0. The molecule has 0 fully saturated rings. The third-order valence-electron chi connectivity index (χ3n) is 3.63. The van der Waals surface area contributed by atoms with Gasteiger partial charge in [-0.15, -0.1) is 11.6 Å². The molecule has 0 bridgehead atoms. The lowest BCUT2D eigenvalue weighted by atomic mass is 10.1. The van der Waals surface area contributed by atoms with Gasteiger partial charge in [0.25, 0.3) is 0 Å². The second kappa shape index (κ2) is 5.86. The molecule has 0 spiro atoms. The Morgan fingerprint density at radius 2 is 1.90 bits per heavy atom.